The number of rotatable bonds is 2. The van der Waals surface area contributed by atoms with Gasteiger partial charge in [-0.05, 0) is 59.5 Å². The van der Waals surface area contributed by atoms with Gasteiger partial charge in [-0.1, -0.05) is 45.0 Å². The van der Waals surface area contributed by atoms with E-state index in [-0.39, 0.29) is 11.2 Å². The number of aromatic nitrogens is 4. The van der Waals surface area contributed by atoms with E-state index in [1.54, 1.807) is 24.5 Å². The molecule has 0 radical (unpaired) electrons. The van der Waals surface area contributed by atoms with Crippen molar-refractivity contribution in [1.82, 2.24) is 19.5 Å². The first-order valence-corrected chi connectivity index (χ1v) is 11.3. The molecule has 0 saturated carbocycles. The Morgan fingerprint density at radius 2 is 1.32 bits per heavy atom. The van der Waals surface area contributed by atoms with Crippen molar-refractivity contribution in [1.29, 1.82) is 0 Å². The van der Waals surface area contributed by atoms with Gasteiger partial charge in [0.05, 0.1) is 22.1 Å². The summed E-state index contributed by atoms with van der Waals surface area (Å²) in [5.41, 5.74) is 6.57. The summed E-state index contributed by atoms with van der Waals surface area (Å²) >= 11 is 0. The molecule has 4 nitrogen and oxygen atoms in total. The van der Waals surface area contributed by atoms with Crippen LogP contribution in [0.2, 0.25) is 0 Å². The lowest BCUT2D eigenvalue weighted by Crippen LogP contribution is -2.10. The Kier molecular flexibility index (Phi) is 4.49. The molecule has 3 aromatic heterocycles. The van der Waals surface area contributed by atoms with Crippen LogP contribution in [0.15, 0.2) is 85.2 Å². The Labute approximate surface area is 196 Å². The molecule has 0 fully saturated rings. The van der Waals surface area contributed by atoms with Gasteiger partial charge in [-0.3, -0.25) is 14.5 Å². The molecule has 0 unspecified atom stereocenters. The SMILES string of the molecule is CC(C)(C)c1ccc(-c2nc3c4cccnc4c4ncccc4c3n2-c2ccc(F)cc2)cc1. The van der Waals surface area contributed by atoms with Crippen molar-refractivity contribution in [3.63, 3.8) is 0 Å². The summed E-state index contributed by atoms with van der Waals surface area (Å²) in [5.74, 6) is 0.522. The van der Waals surface area contributed by atoms with E-state index in [9.17, 15) is 4.39 Å². The van der Waals surface area contributed by atoms with Gasteiger partial charge in [0, 0.05) is 34.4 Å². The van der Waals surface area contributed by atoms with Crippen LogP contribution in [-0.4, -0.2) is 19.5 Å². The monoisotopic (exact) mass is 446 g/mol. The van der Waals surface area contributed by atoms with E-state index in [1.807, 2.05) is 24.3 Å². The smallest absolute Gasteiger partial charge is 0.145 e. The summed E-state index contributed by atoms with van der Waals surface area (Å²) < 4.78 is 15.9. The van der Waals surface area contributed by atoms with Crippen molar-refractivity contribution in [2.75, 3.05) is 0 Å². The van der Waals surface area contributed by atoms with Crippen LogP contribution in [0.5, 0.6) is 0 Å². The van der Waals surface area contributed by atoms with Crippen molar-refractivity contribution in [3.8, 4) is 17.1 Å². The predicted molar refractivity (Wildman–Crippen MR) is 136 cm³/mol. The zero-order valence-corrected chi connectivity index (χ0v) is 19.2. The molecule has 3 heterocycles. The summed E-state index contributed by atoms with van der Waals surface area (Å²) in [4.78, 5) is 14.5. The lowest BCUT2D eigenvalue weighted by molar-refractivity contribution is 0.590. The Morgan fingerprint density at radius 1 is 0.706 bits per heavy atom. The van der Waals surface area contributed by atoms with Crippen LogP contribution in [0.1, 0.15) is 26.3 Å². The number of benzene rings is 3. The molecule has 0 N–H and O–H groups in total. The van der Waals surface area contributed by atoms with Gasteiger partial charge in [-0.25, -0.2) is 9.37 Å². The Morgan fingerprint density at radius 3 is 1.97 bits per heavy atom. The van der Waals surface area contributed by atoms with Gasteiger partial charge >= 0.3 is 0 Å². The highest BCUT2D eigenvalue weighted by Crippen LogP contribution is 2.38. The zero-order valence-electron chi connectivity index (χ0n) is 19.2. The second-order valence-electron chi connectivity index (χ2n) is 9.57. The summed E-state index contributed by atoms with van der Waals surface area (Å²) in [6.07, 6.45) is 3.57. The number of pyridine rings is 2. The minimum Gasteiger partial charge on any atom is -0.292 e. The van der Waals surface area contributed by atoms with Crippen LogP contribution in [0.4, 0.5) is 4.39 Å². The first-order chi connectivity index (χ1) is 16.4. The molecule has 5 heteroatoms. The van der Waals surface area contributed by atoms with Gasteiger partial charge in [0.15, 0.2) is 0 Å². The van der Waals surface area contributed by atoms with Gasteiger partial charge in [-0.2, -0.15) is 0 Å². The highest BCUT2D eigenvalue weighted by atomic mass is 19.1. The molecule has 3 aromatic carbocycles. The fourth-order valence-electron chi connectivity index (χ4n) is 4.58. The summed E-state index contributed by atoms with van der Waals surface area (Å²) in [6.45, 7) is 6.61. The first kappa shape index (κ1) is 20.5. The number of halogens is 1. The van der Waals surface area contributed by atoms with Crippen molar-refractivity contribution >= 4 is 32.8 Å². The molecule has 0 spiro atoms. The molecular weight excluding hydrogens is 423 g/mol. The van der Waals surface area contributed by atoms with Crippen LogP contribution in [0.25, 0.3) is 49.9 Å². The Bertz CT molecular complexity index is 1670. The second kappa shape index (κ2) is 7.45. The average molecular weight is 447 g/mol. The van der Waals surface area contributed by atoms with E-state index in [2.05, 4.69) is 59.6 Å². The van der Waals surface area contributed by atoms with Gasteiger partial charge in [0.2, 0.25) is 0 Å². The first-order valence-electron chi connectivity index (χ1n) is 11.3. The maximum atomic E-state index is 13.8. The minimum atomic E-state index is -0.273. The maximum Gasteiger partial charge on any atom is 0.145 e. The summed E-state index contributed by atoms with van der Waals surface area (Å²) in [5, 5.41) is 1.90. The van der Waals surface area contributed by atoms with Crippen LogP contribution in [0, 0.1) is 5.82 Å². The zero-order chi connectivity index (χ0) is 23.4. The van der Waals surface area contributed by atoms with Crippen LogP contribution in [0.3, 0.4) is 0 Å². The van der Waals surface area contributed by atoms with E-state index < -0.39 is 0 Å². The molecule has 6 rings (SSSR count). The van der Waals surface area contributed by atoms with Crippen LogP contribution in [-0.2, 0) is 5.41 Å². The summed E-state index contributed by atoms with van der Waals surface area (Å²) in [7, 11) is 0. The van der Waals surface area contributed by atoms with E-state index in [4.69, 9.17) is 4.98 Å². The van der Waals surface area contributed by atoms with Gasteiger partial charge in [0.1, 0.15) is 11.6 Å². The van der Waals surface area contributed by atoms with Gasteiger partial charge < -0.3 is 0 Å². The third-order valence-corrected chi connectivity index (χ3v) is 6.32. The van der Waals surface area contributed by atoms with E-state index in [0.29, 0.717) is 0 Å². The molecule has 6 aromatic rings. The average Bonchev–Trinajstić information content (AvgIpc) is 3.25. The fraction of sp³-hybridized carbons (Fsp3) is 0.138. The molecule has 166 valence electrons. The van der Waals surface area contributed by atoms with Gasteiger partial charge in [0.25, 0.3) is 0 Å². The van der Waals surface area contributed by atoms with Crippen LogP contribution < -0.4 is 0 Å². The standard InChI is InChI=1S/C29H23FN4/c1-29(2,3)19-10-8-18(9-11-19)28-33-26-22-6-4-16-31-24(22)25-23(7-5-17-32-25)27(26)34(28)21-14-12-20(30)13-15-21/h4-17H,1-3H3. The molecule has 34 heavy (non-hydrogen) atoms. The molecule has 0 amide bonds. The van der Waals surface area contributed by atoms with Crippen molar-refractivity contribution in [2.45, 2.75) is 26.2 Å². The molecule has 0 saturated heterocycles. The molecule has 0 atom stereocenters. The lowest BCUT2D eigenvalue weighted by atomic mass is 9.86. The molecule has 0 aliphatic rings. The molecule has 0 aliphatic heterocycles. The number of fused-ring (bicyclic) bond motifs is 6. The molecular formula is C29H23FN4. The predicted octanol–water partition coefficient (Wildman–Crippen LogP) is 7.23. The van der Waals surface area contributed by atoms with Crippen molar-refractivity contribution in [2.24, 2.45) is 0 Å². The van der Waals surface area contributed by atoms with Gasteiger partial charge in [-0.15, -0.1) is 0 Å². The van der Waals surface area contributed by atoms with E-state index in [1.165, 1.54) is 17.7 Å². The largest absolute Gasteiger partial charge is 0.292 e. The van der Waals surface area contributed by atoms with E-state index in [0.717, 1.165) is 49.9 Å². The Balaban J connectivity index is 1.76. The Hall–Kier alpha value is -4.12. The topological polar surface area (TPSA) is 43.6 Å². The third kappa shape index (κ3) is 3.16. The molecule has 0 bridgehead atoms. The number of hydrogen-bond donors (Lipinski definition) is 0. The summed E-state index contributed by atoms with van der Waals surface area (Å²) in [6, 6.07) is 23.0. The quantitative estimate of drug-likeness (QED) is 0.264. The minimum absolute atomic E-state index is 0.0549. The second-order valence-corrected chi connectivity index (χ2v) is 9.57. The highest BCUT2D eigenvalue weighted by molar-refractivity contribution is 6.21. The van der Waals surface area contributed by atoms with Crippen LogP contribution >= 0.6 is 0 Å². The highest BCUT2D eigenvalue weighted by Gasteiger charge is 2.21. The normalized spacial score (nSPS) is 12.1. The maximum absolute atomic E-state index is 13.8. The molecule has 0 aliphatic carbocycles. The third-order valence-electron chi connectivity index (χ3n) is 6.32. The van der Waals surface area contributed by atoms with Crippen molar-refractivity contribution in [3.05, 3.63) is 96.6 Å². The lowest BCUT2D eigenvalue weighted by Gasteiger charge is -2.19. The van der Waals surface area contributed by atoms with Crippen molar-refractivity contribution < 1.29 is 4.39 Å². The van der Waals surface area contributed by atoms with E-state index >= 15 is 0 Å². The fourth-order valence-corrected chi connectivity index (χ4v) is 4.58. The number of hydrogen-bond acceptors (Lipinski definition) is 3. The number of nitrogens with zero attached hydrogens (tertiary/aromatic N) is 4. The number of imidazole rings is 1.